The molecule has 0 aliphatic rings. The van der Waals surface area contributed by atoms with Crippen LogP contribution in [0.1, 0.15) is 28.5 Å². The first-order chi connectivity index (χ1) is 35.5. The molecule has 408 valence electrons. The van der Waals surface area contributed by atoms with Crippen molar-refractivity contribution in [3.8, 4) is 0 Å². The molecule has 0 amide bonds. The summed E-state index contributed by atoms with van der Waals surface area (Å²) in [4.78, 5) is 8.57. The Kier molecular flexibility index (Phi) is 28.3. The molecule has 8 aromatic rings. The van der Waals surface area contributed by atoms with Gasteiger partial charge in [0.15, 0.2) is 19.7 Å². The highest BCUT2D eigenvalue weighted by atomic mass is 35.5. The number of aryl methyl sites for hydroxylation is 2. The maximum atomic E-state index is 12.5. The molecule has 0 bridgehead atoms. The van der Waals surface area contributed by atoms with E-state index in [2.05, 4.69) is 48.7 Å². The maximum Gasteiger partial charge on any atom is 0.242 e. The molecule has 12 nitrogen and oxygen atoms in total. The molecular weight excluding hydrogens is 1250 g/mol. The quantitative estimate of drug-likeness (QED) is 0.0559. The molecule has 76 heavy (non-hydrogen) atoms. The summed E-state index contributed by atoms with van der Waals surface area (Å²) in [6, 6.07) is 39.6. The number of nitrogens with zero attached hydrogens (tertiary/aromatic N) is 1. The summed E-state index contributed by atoms with van der Waals surface area (Å²) in [5, 5.41) is 19.7. The van der Waals surface area contributed by atoms with Crippen molar-refractivity contribution >= 4 is 161 Å². The number of thiol groups is 1. The first-order valence-electron chi connectivity index (χ1n) is 21.9. The smallest absolute Gasteiger partial charge is 0.242 e. The van der Waals surface area contributed by atoms with Gasteiger partial charge >= 0.3 is 0 Å². The van der Waals surface area contributed by atoms with Gasteiger partial charge in [-0.3, -0.25) is 0 Å². The number of thiophene rings is 4. The lowest BCUT2D eigenvalue weighted by molar-refractivity contribution is 0.319. The van der Waals surface area contributed by atoms with Gasteiger partial charge in [-0.1, -0.05) is 60.4 Å². The molecule has 0 unspecified atom stereocenters. The predicted molar refractivity (Wildman–Crippen MR) is 319 cm³/mol. The lowest BCUT2D eigenvalue weighted by Gasteiger charge is -2.05. The largest absolute Gasteiger partial charge is 0.395 e. The number of aliphatic hydroxyl groups excluding tert-OH is 2. The van der Waals surface area contributed by atoms with Crippen LogP contribution >= 0.6 is 117 Å². The third-order valence-corrected chi connectivity index (χ3v) is 24.2. The van der Waals surface area contributed by atoms with Gasteiger partial charge in [0, 0.05) is 41.0 Å². The van der Waals surface area contributed by atoms with E-state index in [0.29, 0.717) is 9.34 Å². The molecule has 4 aromatic carbocycles. The van der Waals surface area contributed by atoms with E-state index in [1.165, 1.54) is 91.3 Å². The molecule has 8 rings (SSSR count). The monoisotopic (exact) mass is 1300 g/mol. The van der Waals surface area contributed by atoms with Crippen LogP contribution in [0.5, 0.6) is 0 Å². The molecular formula is C50H50Cl4N2O10S10. The third-order valence-electron chi connectivity index (χ3n) is 9.57. The third kappa shape index (κ3) is 20.7. The van der Waals surface area contributed by atoms with E-state index in [1.807, 2.05) is 54.7 Å². The number of hydrogen-bond acceptors (Lipinski definition) is 17. The van der Waals surface area contributed by atoms with Crippen molar-refractivity contribution in [3.63, 3.8) is 0 Å². The number of benzene rings is 4. The van der Waals surface area contributed by atoms with Crippen molar-refractivity contribution in [2.75, 3.05) is 24.7 Å². The molecule has 4 N–H and O–H groups in total. The van der Waals surface area contributed by atoms with Crippen LogP contribution in [0, 0.1) is 6.57 Å². The van der Waals surface area contributed by atoms with Gasteiger partial charge in [-0.05, 0) is 158 Å². The van der Waals surface area contributed by atoms with E-state index in [0.717, 1.165) is 48.9 Å². The number of aliphatic hydroxyl groups is 2. The number of halogens is 4. The number of nitrogens with two attached hydrogens (primary N) is 1. The van der Waals surface area contributed by atoms with Crippen LogP contribution in [0.3, 0.4) is 0 Å². The normalized spacial score (nSPS) is 11.2. The summed E-state index contributed by atoms with van der Waals surface area (Å²) in [5.41, 5.74) is 5.47. The second-order valence-corrected chi connectivity index (χ2v) is 31.4. The van der Waals surface area contributed by atoms with E-state index >= 15 is 0 Å². The predicted octanol–water partition coefficient (Wildman–Crippen LogP) is 13.8. The van der Waals surface area contributed by atoms with E-state index in [1.54, 1.807) is 42.1 Å². The van der Waals surface area contributed by atoms with Crippen LogP contribution < -0.4 is 5.73 Å². The Morgan fingerprint density at radius 3 is 1.29 bits per heavy atom. The number of rotatable bonds is 15. The summed E-state index contributed by atoms with van der Waals surface area (Å²) in [5.74, 6) is -0.784. The van der Waals surface area contributed by atoms with Crippen LogP contribution in [0.2, 0.25) is 14.4 Å². The Labute approximate surface area is 491 Å². The van der Waals surface area contributed by atoms with Gasteiger partial charge in [0.25, 0.3) is 0 Å². The molecule has 4 aromatic heterocycles. The topological polar surface area (TPSA) is 207 Å². The molecule has 26 heteroatoms. The van der Waals surface area contributed by atoms with Gasteiger partial charge in [-0.25, -0.2) is 38.5 Å². The fourth-order valence-corrected chi connectivity index (χ4v) is 16.4. The Morgan fingerprint density at radius 2 is 0.947 bits per heavy atom. The Bertz CT molecular complexity index is 3390. The second kappa shape index (κ2) is 32.1. The molecule has 0 saturated heterocycles. The Morgan fingerprint density at radius 1 is 0.539 bits per heavy atom. The average Bonchev–Trinajstić information content (AvgIpc) is 4.25. The first kappa shape index (κ1) is 67.0. The van der Waals surface area contributed by atoms with Crippen molar-refractivity contribution in [1.29, 1.82) is 0 Å². The highest BCUT2D eigenvalue weighted by Crippen LogP contribution is 2.35. The molecule has 0 saturated carbocycles. The van der Waals surface area contributed by atoms with Crippen molar-refractivity contribution in [3.05, 3.63) is 186 Å². The van der Waals surface area contributed by atoms with Gasteiger partial charge in [-0.15, -0.1) is 70.4 Å². The summed E-state index contributed by atoms with van der Waals surface area (Å²) >= 11 is 28.3. The van der Waals surface area contributed by atoms with Gasteiger partial charge in [-0.2, -0.15) is 0 Å². The number of sulfone groups is 4. The summed E-state index contributed by atoms with van der Waals surface area (Å²) in [6.07, 6.45) is 1.88. The van der Waals surface area contributed by atoms with Crippen molar-refractivity contribution in [2.45, 2.75) is 75.2 Å². The Hall–Kier alpha value is -3.29. The van der Waals surface area contributed by atoms with Crippen LogP contribution in [0.25, 0.3) is 4.85 Å². The van der Waals surface area contributed by atoms with Gasteiger partial charge in [0.05, 0.1) is 59.4 Å². The zero-order chi connectivity index (χ0) is 55.4. The van der Waals surface area contributed by atoms with Crippen molar-refractivity contribution < 1.29 is 43.9 Å². The summed E-state index contributed by atoms with van der Waals surface area (Å²) in [7, 11) is -14.5. The minimum Gasteiger partial charge on any atom is -0.395 e. The second-order valence-electron chi connectivity index (χ2n) is 14.8. The minimum absolute atomic E-state index is 0. The fraction of sp³-hybridized carbons (Fsp3) is 0.180. The zero-order valence-electron chi connectivity index (χ0n) is 40.2. The molecule has 0 fully saturated rings. The Balaban J connectivity index is 0.000000263. The fourth-order valence-electron chi connectivity index (χ4n) is 5.69. The molecule has 0 spiro atoms. The first-order valence-corrected chi connectivity index (χ1v) is 33.8. The van der Waals surface area contributed by atoms with Crippen LogP contribution in [0.4, 0.5) is 5.00 Å². The van der Waals surface area contributed by atoms with Crippen molar-refractivity contribution in [1.82, 2.24) is 0 Å². The summed E-state index contributed by atoms with van der Waals surface area (Å²) < 4.78 is 99.4. The van der Waals surface area contributed by atoms with E-state index in [-0.39, 0.29) is 52.7 Å². The number of hydrogen-bond donors (Lipinski definition) is 4. The van der Waals surface area contributed by atoms with E-state index in [4.69, 9.17) is 57.3 Å². The molecule has 0 atom stereocenters. The minimum atomic E-state index is -3.68. The highest BCUT2D eigenvalue weighted by Gasteiger charge is 2.23. The molecule has 0 radical (unpaired) electrons. The van der Waals surface area contributed by atoms with E-state index in [9.17, 15) is 33.7 Å². The van der Waals surface area contributed by atoms with Gasteiger partial charge in [0.2, 0.25) is 24.7 Å². The molecule has 0 aliphatic carbocycles. The van der Waals surface area contributed by atoms with Gasteiger partial charge < -0.3 is 15.9 Å². The van der Waals surface area contributed by atoms with Crippen LogP contribution in [0.15, 0.2) is 188 Å². The molecule has 0 aliphatic heterocycles. The standard InChI is InChI=1S/C14H16O5S3.C13H15NO5S3.C12H11ClS2.C6H5ClS.C5H2ClNS.ClH/c1-2-11-3-8-14(20-11)22(18,19)13-6-4-12(5-7-13)21(16,17)10-9-15;14-9-10-1-6-13(20-10)22(18,19)12-4-2-11(3-5-12)21(16,17)8-7-15;1-2-10-7-8-12(14-10)15-11-5-3-9(13)4-6-11;7-5-1-3-6(8)4-2-5;1-7-5-3-2-4(6)8-5;/h3-8,15H,2,9-10H2,1H3;1-6,15H,7-9,14H2;3-8H,2H2,1H3;1-4,8H;2-3H;1H. The zero-order valence-corrected chi connectivity index (χ0v) is 51.5. The highest BCUT2D eigenvalue weighted by molar-refractivity contribution is 8.01. The van der Waals surface area contributed by atoms with Crippen molar-refractivity contribution in [2.24, 2.45) is 5.73 Å². The lowest BCUT2D eigenvalue weighted by Crippen LogP contribution is -2.10. The van der Waals surface area contributed by atoms with E-state index < -0.39 is 58.3 Å². The average molecular weight is 1300 g/mol. The SMILES string of the molecule is CCc1ccc(S(=O)(=O)c2ccc(S(=O)(=O)CCO)cc2)s1.CCc1ccc(Sc2ccc(Cl)cc2)s1.Cl.NCc1ccc(S(=O)(=O)c2ccc(S(=O)(=O)CCO)cc2)s1.Sc1ccc(Cl)cc1.[C-]#[N+]c1ccc(Cl)s1. The molecule has 4 heterocycles. The summed E-state index contributed by atoms with van der Waals surface area (Å²) in [6.45, 7) is 9.97. The lowest BCUT2D eigenvalue weighted by atomic mass is 10.4. The van der Waals surface area contributed by atoms with Gasteiger partial charge in [0.1, 0.15) is 8.42 Å². The van der Waals surface area contributed by atoms with Crippen LogP contribution in [-0.2, 0) is 58.7 Å². The maximum absolute atomic E-state index is 12.5. The van der Waals surface area contributed by atoms with Crippen LogP contribution in [-0.4, -0.2) is 68.6 Å².